The zero-order chi connectivity index (χ0) is 89.6. The number of benzene rings is 10. The van der Waals surface area contributed by atoms with Crippen molar-refractivity contribution in [3.63, 3.8) is 0 Å². The second-order valence-electron chi connectivity index (χ2n) is 38.2. The summed E-state index contributed by atoms with van der Waals surface area (Å²) < 4.78 is 19.9. The number of pyridine rings is 10. The van der Waals surface area contributed by atoms with Crippen molar-refractivity contribution in [1.29, 1.82) is 0 Å². The molecule has 2 saturated carbocycles. The van der Waals surface area contributed by atoms with Gasteiger partial charge in [-0.3, -0.25) is 24.9 Å². The van der Waals surface area contributed by atoms with Crippen molar-refractivity contribution >= 4 is 209 Å². The number of rotatable bonds is 7. The van der Waals surface area contributed by atoms with Gasteiger partial charge >= 0.3 is 0 Å². The van der Waals surface area contributed by atoms with Crippen molar-refractivity contribution in [2.24, 2.45) is 0 Å². The summed E-state index contributed by atoms with van der Waals surface area (Å²) >= 11 is 0. The van der Waals surface area contributed by atoms with Crippen molar-refractivity contribution < 1.29 is 102 Å². The molecule has 2 aliphatic carbocycles. The third kappa shape index (κ3) is 16.2. The molecule has 10 aromatic carbocycles. The Morgan fingerprint density at radius 1 is 0.279 bits per heavy atom. The molecular formula is C114H98Ir5N15Si2-5. The third-order valence-electron chi connectivity index (χ3n) is 27.4. The fraction of sp³-hybridized carbons (Fsp3) is 0.211. The Bertz CT molecular complexity index is 8960. The van der Waals surface area contributed by atoms with E-state index in [2.05, 4.69) is 285 Å². The van der Waals surface area contributed by atoms with Crippen LogP contribution >= 0.6 is 0 Å². The monoisotopic (exact) mass is 2700 g/mol. The van der Waals surface area contributed by atoms with Crippen LogP contribution in [0.25, 0.3) is 192 Å². The summed E-state index contributed by atoms with van der Waals surface area (Å²) in [5.74, 6) is 0.954. The summed E-state index contributed by atoms with van der Waals surface area (Å²) in [6, 6.07) is 101. The van der Waals surface area contributed by atoms with E-state index in [4.69, 9.17) is 41.2 Å². The van der Waals surface area contributed by atoms with Crippen molar-refractivity contribution in [1.82, 2.24) is 71.8 Å². The van der Waals surface area contributed by atoms with E-state index in [0.717, 1.165) is 160 Å². The van der Waals surface area contributed by atoms with E-state index in [-0.39, 0.29) is 101 Å². The number of hydrogen-bond donors (Lipinski definition) is 0. The first kappa shape index (κ1) is 94.0. The topological polar surface area (TPSA) is 151 Å². The van der Waals surface area contributed by atoms with E-state index < -0.39 is 22.0 Å². The van der Waals surface area contributed by atoms with E-state index in [1.165, 1.54) is 118 Å². The van der Waals surface area contributed by atoms with Gasteiger partial charge in [0.15, 0.2) is 0 Å². The first-order valence-electron chi connectivity index (χ1n) is 46.7. The normalized spacial score (nSPS) is 13.6. The fourth-order valence-electron chi connectivity index (χ4n) is 22.5. The minimum absolute atomic E-state index is 0. The molecule has 136 heavy (non-hydrogen) atoms. The summed E-state index contributed by atoms with van der Waals surface area (Å²) in [6.07, 6.45) is 20.9. The molecule has 15 heterocycles. The smallest absolute Gasteiger partial charge is 0.0774 e. The SMILES string of the molecule is CC(C)c1cccc2c1c1ncc[c-]c1c1nc3ccccc3n21.C[Si](C)(C)C(c1cccc2c1c1ncc[c-]c1c1nc3ccccc3n21)[Si](C)(C)C.[2H]C(C)(C)c1cccc2c1c1ncc[c-]c1c1nc3ccccc3n21.[Ir].[Ir].[Ir].[Ir].[Ir].[c-]1ccnc2c1c1nc3ccccc3n1c1cccc(C3CCCC3)c21.[c-]1ccnc2c1c1nc3ccccc3n1c1cccc(C3CCCCC3)c21. The largest absolute Gasteiger partial charge is 0.351 e. The number of fused-ring (bicyclic) bond motifs is 40. The zero-order valence-electron chi connectivity index (χ0n) is 78.0. The maximum atomic E-state index is 8.60. The Morgan fingerprint density at radius 3 is 0.801 bits per heavy atom. The van der Waals surface area contributed by atoms with Crippen LogP contribution in [0.15, 0.2) is 274 Å². The van der Waals surface area contributed by atoms with Crippen LogP contribution in [0.4, 0.5) is 0 Å². The van der Waals surface area contributed by atoms with Gasteiger partial charge in [-0.05, 0) is 228 Å². The van der Waals surface area contributed by atoms with Crippen LogP contribution in [0.2, 0.25) is 39.3 Å². The van der Waals surface area contributed by atoms with Crippen molar-refractivity contribution in [2.75, 3.05) is 0 Å². The van der Waals surface area contributed by atoms with Crippen molar-refractivity contribution in [2.45, 2.75) is 154 Å². The number of hydrogen-bond acceptors (Lipinski definition) is 10. The summed E-state index contributed by atoms with van der Waals surface area (Å²) in [4.78, 5) is 48.3. The molecule has 0 spiro atoms. The molecule has 15 aromatic heterocycles. The molecule has 0 unspecified atom stereocenters. The predicted molar refractivity (Wildman–Crippen MR) is 546 cm³/mol. The summed E-state index contributed by atoms with van der Waals surface area (Å²) in [5.41, 5.74) is 32.6. The van der Waals surface area contributed by atoms with Gasteiger partial charge in [0, 0.05) is 146 Å². The predicted octanol–water partition coefficient (Wildman–Crippen LogP) is 28.7. The van der Waals surface area contributed by atoms with Gasteiger partial charge in [0.25, 0.3) is 0 Å². The molecule has 5 radical (unpaired) electrons. The second kappa shape index (κ2) is 38.7. The molecule has 687 valence electrons. The second-order valence-corrected chi connectivity index (χ2v) is 49.4. The van der Waals surface area contributed by atoms with E-state index in [1.807, 2.05) is 111 Å². The van der Waals surface area contributed by atoms with Crippen molar-refractivity contribution in [3.05, 3.63) is 332 Å². The van der Waals surface area contributed by atoms with Gasteiger partial charge in [0.05, 0.1) is 83.4 Å². The summed E-state index contributed by atoms with van der Waals surface area (Å²) in [6.45, 7) is 23.4. The van der Waals surface area contributed by atoms with Crippen LogP contribution in [0.1, 0.15) is 143 Å². The molecule has 0 saturated heterocycles. The molecule has 22 heteroatoms. The molecule has 2 aliphatic rings. The van der Waals surface area contributed by atoms with E-state index in [9.17, 15) is 0 Å². The Labute approximate surface area is 859 Å². The van der Waals surface area contributed by atoms with Crippen LogP contribution in [0.3, 0.4) is 0 Å². The van der Waals surface area contributed by atoms with Gasteiger partial charge in [-0.2, -0.15) is 0 Å². The average Bonchev–Trinajstić information content (AvgIpc) is 1.64. The maximum Gasteiger partial charge on any atom is 0.0774 e. The standard InChI is InChI=1S/C25H28N3Si2.C24H20N3.C23H18N3.2C21H16N3.5Ir/c1-29(2,3)25(30(4,5)6)17-11-9-15-21-22(17)23-18(12-10-16-26-23)24-27-19-13-7-8-14-20(19)28(21)24;1-2-8-16(9-3-1)17-10-6-14-21-22(17)23-18(11-7-15-25-23)24-26-19-12-4-5-13-20(19)27(21)24;1-2-8-15(7-1)16-9-5-13-20-21(16)22-17(10-6-14-24-22)23-25-18-11-3-4-12-19(18)26(20)23;2*1-13(2)14-7-5-11-18-19(14)20-15(8-6-12-22-20)21-23-16-9-3-4-10-17(16)24(18)21;;;;;/h7-11,13-16,25H,1-6H3;4-7,10,12-16H,1-3,8-9H2;3-6,9,11-15H,1-2,7-8H2;2*3-7,9-13H,1-2H3;;;;;/q5*-1;;;;;/i;;;13D;;;;;;. The van der Waals surface area contributed by atoms with Gasteiger partial charge < -0.3 is 46.9 Å². The van der Waals surface area contributed by atoms with Gasteiger partial charge in [-0.25, -0.2) is 0 Å². The molecule has 15 nitrogen and oxygen atoms in total. The Morgan fingerprint density at radius 2 is 0.515 bits per heavy atom. The van der Waals surface area contributed by atoms with Crippen LogP contribution < -0.4 is 0 Å². The quantitative estimate of drug-likeness (QED) is 0.0857. The summed E-state index contributed by atoms with van der Waals surface area (Å²) in [7, 11) is -2.95. The first-order chi connectivity index (χ1) is 64.3. The van der Waals surface area contributed by atoms with E-state index in [1.54, 1.807) is 6.20 Å². The molecular weight excluding hydrogens is 2600 g/mol. The van der Waals surface area contributed by atoms with Gasteiger partial charge in [0.1, 0.15) is 0 Å². The van der Waals surface area contributed by atoms with Gasteiger partial charge in [-0.15, -0.1) is 60.7 Å². The van der Waals surface area contributed by atoms with E-state index in [0.29, 0.717) is 22.9 Å². The molecule has 0 N–H and O–H groups in total. The number of imidazole rings is 5. The molecule has 27 rings (SSSR count). The Hall–Kier alpha value is -11.0. The van der Waals surface area contributed by atoms with Crippen LogP contribution in [-0.4, -0.2) is 88.0 Å². The van der Waals surface area contributed by atoms with E-state index >= 15 is 0 Å². The molecule has 0 amide bonds. The maximum absolute atomic E-state index is 8.60. The number of nitrogens with zero attached hydrogens (tertiary/aromatic N) is 15. The molecule has 0 aliphatic heterocycles. The number of aromatic nitrogens is 15. The molecule has 0 atom stereocenters. The van der Waals surface area contributed by atoms with Gasteiger partial charge in [-0.1, -0.05) is 278 Å². The summed E-state index contributed by atoms with van der Waals surface area (Å²) in [5, 5.41) is 11.6. The minimum Gasteiger partial charge on any atom is -0.351 e. The zero-order valence-corrected chi connectivity index (χ0v) is 91.0. The van der Waals surface area contributed by atoms with Crippen LogP contribution in [0, 0.1) is 30.3 Å². The molecule has 25 aromatic rings. The van der Waals surface area contributed by atoms with Crippen LogP contribution in [-0.2, 0) is 101 Å². The first-order valence-corrected chi connectivity index (χ1v) is 53.4. The Balaban J connectivity index is 0.000000113. The Kier molecular flexibility index (Phi) is 26.8. The molecule has 2 fully saturated rings. The van der Waals surface area contributed by atoms with Gasteiger partial charge in [0.2, 0.25) is 0 Å². The molecule has 0 bridgehead atoms. The fourth-order valence-corrected chi connectivity index (χ4v) is 35.2. The van der Waals surface area contributed by atoms with Crippen LogP contribution in [0.5, 0.6) is 0 Å². The van der Waals surface area contributed by atoms with Crippen molar-refractivity contribution in [3.8, 4) is 0 Å². The number of para-hydroxylation sites is 10. The third-order valence-corrected chi connectivity index (χ3v) is 36.7. The average molecular weight is 2700 g/mol. The minimum atomic E-state index is -1.47.